The molecule has 4 aromatic rings. The van der Waals surface area contributed by atoms with Crippen LogP contribution in [0.2, 0.25) is 0 Å². The molecule has 1 aromatic heterocycles. The molecule has 0 aliphatic rings. The van der Waals surface area contributed by atoms with Gasteiger partial charge in [0.25, 0.3) is 5.91 Å². The van der Waals surface area contributed by atoms with Crippen LogP contribution in [-0.2, 0) is 24.2 Å². The van der Waals surface area contributed by atoms with Crippen LogP contribution >= 0.6 is 0 Å². The SMILES string of the molecule is CC.COc1ccccc1CN(C)CC(Cc1c[nH]c2ccccc12)NC(=O)COc1cccc(CCO)c1. The van der Waals surface area contributed by atoms with E-state index in [2.05, 4.69) is 33.4 Å². The summed E-state index contributed by atoms with van der Waals surface area (Å²) in [6.07, 6.45) is 3.25. The Hall–Kier alpha value is -3.81. The Morgan fingerprint density at radius 3 is 2.59 bits per heavy atom. The van der Waals surface area contributed by atoms with Crippen LogP contribution in [0.3, 0.4) is 0 Å². The summed E-state index contributed by atoms with van der Waals surface area (Å²) >= 11 is 0. The van der Waals surface area contributed by atoms with Gasteiger partial charge in [-0.2, -0.15) is 0 Å². The number of aliphatic hydroxyl groups is 1. The second-order valence-corrected chi connectivity index (χ2v) is 9.25. The number of para-hydroxylation sites is 2. The number of amides is 1. The normalized spacial score (nSPS) is 11.5. The lowest BCUT2D eigenvalue weighted by molar-refractivity contribution is -0.123. The van der Waals surface area contributed by atoms with Gasteiger partial charge in [0.2, 0.25) is 0 Å². The largest absolute Gasteiger partial charge is 0.496 e. The Kier molecular flexibility index (Phi) is 11.9. The lowest BCUT2D eigenvalue weighted by atomic mass is 10.0. The number of likely N-dealkylation sites (N-methyl/N-ethyl adjacent to an activating group) is 1. The maximum absolute atomic E-state index is 12.9. The Morgan fingerprint density at radius 1 is 1.03 bits per heavy atom. The summed E-state index contributed by atoms with van der Waals surface area (Å²) in [5.41, 5.74) is 4.30. The standard InChI is InChI=1S/C30H35N3O4.C2H6/c1-33(19-23-9-3-6-13-29(23)36-2)20-25(17-24-18-31-28-12-5-4-11-27(24)28)32-30(35)21-37-26-10-7-8-22(16-26)14-15-34;1-2/h3-13,16,18,25,31,34H,14-15,17,19-21H2,1-2H3,(H,32,35);1-2H3. The Labute approximate surface area is 231 Å². The maximum atomic E-state index is 12.9. The number of carbonyl (C=O) groups is 1. The molecular weight excluding hydrogens is 490 g/mol. The number of benzene rings is 3. The molecule has 208 valence electrons. The average molecular weight is 532 g/mol. The fraction of sp³-hybridized carbons (Fsp3) is 0.344. The smallest absolute Gasteiger partial charge is 0.258 e. The lowest BCUT2D eigenvalue weighted by Gasteiger charge is -2.26. The number of H-pyrrole nitrogens is 1. The van der Waals surface area contributed by atoms with Gasteiger partial charge in [0.1, 0.15) is 11.5 Å². The molecule has 0 aliphatic carbocycles. The molecule has 0 aliphatic heterocycles. The molecule has 0 spiro atoms. The number of nitrogens with one attached hydrogen (secondary N) is 2. The van der Waals surface area contributed by atoms with E-state index in [0.29, 0.717) is 31.7 Å². The third-order valence-electron chi connectivity index (χ3n) is 6.34. The van der Waals surface area contributed by atoms with E-state index in [1.54, 1.807) is 7.11 Å². The van der Waals surface area contributed by atoms with Crippen LogP contribution in [0.25, 0.3) is 10.9 Å². The van der Waals surface area contributed by atoms with Crippen LogP contribution in [0.15, 0.2) is 79.0 Å². The predicted molar refractivity (Wildman–Crippen MR) is 157 cm³/mol. The number of aromatic nitrogens is 1. The lowest BCUT2D eigenvalue weighted by Crippen LogP contribution is -2.45. The zero-order valence-corrected chi connectivity index (χ0v) is 23.4. The van der Waals surface area contributed by atoms with Gasteiger partial charge >= 0.3 is 0 Å². The van der Waals surface area contributed by atoms with Crippen LogP contribution in [-0.4, -0.2) is 60.9 Å². The maximum Gasteiger partial charge on any atom is 0.258 e. The molecule has 39 heavy (non-hydrogen) atoms. The molecule has 3 N–H and O–H groups in total. The fourth-order valence-electron chi connectivity index (χ4n) is 4.63. The summed E-state index contributed by atoms with van der Waals surface area (Å²) in [4.78, 5) is 18.5. The third kappa shape index (κ3) is 8.87. The fourth-order valence-corrected chi connectivity index (χ4v) is 4.63. The molecule has 0 radical (unpaired) electrons. The molecule has 7 nitrogen and oxygen atoms in total. The number of aliphatic hydroxyl groups excluding tert-OH is 1. The molecule has 0 saturated carbocycles. The van der Waals surface area contributed by atoms with Crippen molar-refractivity contribution in [2.24, 2.45) is 0 Å². The zero-order valence-electron chi connectivity index (χ0n) is 23.4. The first-order valence-electron chi connectivity index (χ1n) is 13.5. The molecule has 1 amide bonds. The molecule has 4 rings (SSSR count). The van der Waals surface area contributed by atoms with Gasteiger partial charge in [-0.1, -0.05) is 62.4 Å². The van der Waals surface area contributed by atoms with E-state index in [-0.39, 0.29) is 25.2 Å². The van der Waals surface area contributed by atoms with E-state index in [0.717, 1.165) is 33.3 Å². The molecule has 1 heterocycles. The molecule has 1 unspecified atom stereocenters. The van der Waals surface area contributed by atoms with Crippen molar-refractivity contribution in [3.05, 3.63) is 95.7 Å². The van der Waals surface area contributed by atoms with Gasteiger partial charge in [-0.15, -0.1) is 0 Å². The van der Waals surface area contributed by atoms with Gasteiger partial charge in [-0.05, 0) is 55.3 Å². The second-order valence-electron chi connectivity index (χ2n) is 9.25. The topological polar surface area (TPSA) is 86.8 Å². The first-order chi connectivity index (χ1) is 19.1. The van der Waals surface area contributed by atoms with Gasteiger partial charge < -0.3 is 24.9 Å². The van der Waals surface area contributed by atoms with E-state index in [4.69, 9.17) is 9.47 Å². The number of hydrogen-bond acceptors (Lipinski definition) is 5. The number of methoxy groups -OCH3 is 1. The number of rotatable bonds is 13. The summed E-state index contributed by atoms with van der Waals surface area (Å²) in [6, 6.07) is 23.5. The number of hydrogen-bond donors (Lipinski definition) is 3. The van der Waals surface area contributed by atoms with Crippen molar-refractivity contribution in [2.75, 3.05) is 33.9 Å². The van der Waals surface area contributed by atoms with Crippen molar-refractivity contribution in [1.82, 2.24) is 15.2 Å². The van der Waals surface area contributed by atoms with Gasteiger partial charge in [0.15, 0.2) is 6.61 Å². The van der Waals surface area contributed by atoms with E-state index in [1.807, 2.05) is 81.7 Å². The highest BCUT2D eigenvalue weighted by Crippen LogP contribution is 2.21. The van der Waals surface area contributed by atoms with Crippen molar-refractivity contribution in [3.8, 4) is 11.5 Å². The van der Waals surface area contributed by atoms with Crippen LogP contribution in [0.1, 0.15) is 30.5 Å². The van der Waals surface area contributed by atoms with Gasteiger partial charge in [-0.25, -0.2) is 0 Å². The van der Waals surface area contributed by atoms with E-state index < -0.39 is 0 Å². The number of carbonyl (C=O) groups excluding carboxylic acids is 1. The highest BCUT2D eigenvalue weighted by atomic mass is 16.5. The minimum absolute atomic E-state index is 0.0713. The van der Waals surface area contributed by atoms with Crippen LogP contribution in [0.4, 0.5) is 0 Å². The van der Waals surface area contributed by atoms with Crippen molar-refractivity contribution in [3.63, 3.8) is 0 Å². The van der Waals surface area contributed by atoms with Crippen LogP contribution < -0.4 is 14.8 Å². The van der Waals surface area contributed by atoms with E-state index in [9.17, 15) is 9.90 Å². The third-order valence-corrected chi connectivity index (χ3v) is 6.34. The van der Waals surface area contributed by atoms with E-state index >= 15 is 0 Å². The predicted octanol–water partition coefficient (Wildman–Crippen LogP) is 4.98. The summed E-state index contributed by atoms with van der Waals surface area (Å²) in [5.74, 6) is 1.29. The number of aromatic amines is 1. The Balaban J connectivity index is 0.00000205. The van der Waals surface area contributed by atoms with E-state index in [1.165, 1.54) is 0 Å². The molecule has 0 saturated heterocycles. The van der Waals surface area contributed by atoms with Crippen molar-refractivity contribution < 1.29 is 19.4 Å². The molecule has 1 atom stereocenters. The summed E-state index contributed by atoms with van der Waals surface area (Å²) in [7, 11) is 3.72. The van der Waals surface area contributed by atoms with Gasteiger partial charge in [0.05, 0.1) is 7.11 Å². The number of fused-ring (bicyclic) bond motifs is 1. The molecule has 3 aromatic carbocycles. The molecular formula is C32H41N3O4. The van der Waals surface area contributed by atoms with Crippen LogP contribution in [0.5, 0.6) is 11.5 Å². The number of nitrogens with zero attached hydrogens (tertiary/aromatic N) is 1. The average Bonchev–Trinajstić information content (AvgIpc) is 3.36. The van der Waals surface area contributed by atoms with Crippen molar-refractivity contribution in [1.29, 1.82) is 0 Å². The van der Waals surface area contributed by atoms with Gasteiger partial charge in [0, 0.05) is 48.4 Å². The monoisotopic (exact) mass is 531 g/mol. The summed E-state index contributed by atoms with van der Waals surface area (Å²) < 4.78 is 11.3. The molecule has 0 bridgehead atoms. The first-order valence-corrected chi connectivity index (χ1v) is 13.5. The highest BCUT2D eigenvalue weighted by Gasteiger charge is 2.19. The first kappa shape index (κ1) is 29.7. The van der Waals surface area contributed by atoms with Gasteiger partial charge in [-0.3, -0.25) is 9.69 Å². The molecule has 0 fully saturated rings. The highest BCUT2D eigenvalue weighted by molar-refractivity contribution is 5.83. The number of ether oxygens (including phenoxy) is 2. The zero-order chi connectivity index (χ0) is 28.0. The Morgan fingerprint density at radius 2 is 1.79 bits per heavy atom. The van der Waals surface area contributed by atoms with Crippen molar-refractivity contribution in [2.45, 2.75) is 39.3 Å². The summed E-state index contributed by atoms with van der Waals surface area (Å²) in [6.45, 7) is 5.33. The minimum Gasteiger partial charge on any atom is -0.496 e. The van der Waals surface area contributed by atoms with Crippen LogP contribution in [0, 0.1) is 0 Å². The quantitative estimate of drug-likeness (QED) is 0.227. The minimum atomic E-state index is -0.178. The second kappa shape index (κ2) is 15.6. The molecule has 7 heteroatoms. The van der Waals surface area contributed by atoms with Crippen molar-refractivity contribution >= 4 is 16.8 Å². The Bertz CT molecular complexity index is 1300. The summed E-state index contributed by atoms with van der Waals surface area (Å²) in [5, 5.41) is 13.5.